The van der Waals surface area contributed by atoms with Crippen LogP contribution in [-0.2, 0) is 9.53 Å². The third kappa shape index (κ3) is 4.32. The van der Waals surface area contributed by atoms with Gasteiger partial charge in [-0.25, -0.2) is 9.59 Å². The van der Waals surface area contributed by atoms with Gasteiger partial charge in [-0.3, -0.25) is 4.90 Å². The molecule has 1 aromatic carbocycles. The molecule has 136 valence electrons. The number of nitrogen functional groups attached to an aromatic ring is 1. The number of urea groups is 1. The Hall–Kier alpha value is -2.50. The van der Waals surface area contributed by atoms with E-state index in [4.69, 9.17) is 10.5 Å². The topological polar surface area (TPSA) is 84.7 Å². The molecule has 3 N–H and O–H groups in total. The average molecular weight is 345 g/mol. The predicted octanol–water partition coefficient (Wildman–Crippen LogP) is 3.36. The number of rotatable bonds is 6. The Bertz CT molecular complexity index is 682. The molecule has 0 fully saturated rings. The van der Waals surface area contributed by atoms with Gasteiger partial charge >= 0.3 is 12.0 Å². The molecule has 1 aromatic rings. The zero-order chi connectivity index (χ0) is 18.6. The highest BCUT2D eigenvalue weighted by Gasteiger charge is 2.36. The monoisotopic (exact) mass is 345 g/mol. The molecule has 0 aromatic heterocycles. The first-order valence-corrected chi connectivity index (χ1v) is 8.70. The molecule has 6 nitrogen and oxygen atoms in total. The number of unbranched alkanes of at least 4 members (excludes halogenated alkanes) is 1. The summed E-state index contributed by atoms with van der Waals surface area (Å²) in [7, 11) is 0. The smallest absolute Gasteiger partial charge is 0.338 e. The van der Waals surface area contributed by atoms with E-state index in [2.05, 4.69) is 12.2 Å². The van der Waals surface area contributed by atoms with Gasteiger partial charge in [0.1, 0.15) is 0 Å². The van der Waals surface area contributed by atoms with Crippen molar-refractivity contribution in [3.05, 3.63) is 41.1 Å². The van der Waals surface area contributed by atoms with Crippen LogP contribution >= 0.6 is 0 Å². The van der Waals surface area contributed by atoms with Crippen molar-refractivity contribution in [2.45, 2.75) is 52.7 Å². The normalized spacial score (nSPS) is 17.7. The van der Waals surface area contributed by atoms with E-state index in [0.29, 0.717) is 23.5 Å². The molecule has 25 heavy (non-hydrogen) atoms. The molecule has 0 aliphatic carbocycles. The second-order valence-corrected chi connectivity index (χ2v) is 6.51. The lowest BCUT2D eigenvalue weighted by molar-refractivity contribution is -0.143. The molecular formula is C19H27N3O3. The van der Waals surface area contributed by atoms with Gasteiger partial charge in [-0.1, -0.05) is 25.5 Å². The van der Waals surface area contributed by atoms with Crippen LogP contribution in [0.5, 0.6) is 0 Å². The number of anilines is 1. The van der Waals surface area contributed by atoms with Crippen molar-refractivity contribution >= 4 is 17.7 Å². The number of allylic oxidation sites excluding steroid dienone is 1. The van der Waals surface area contributed by atoms with E-state index in [1.807, 2.05) is 6.07 Å². The van der Waals surface area contributed by atoms with Crippen molar-refractivity contribution in [1.29, 1.82) is 0 Å². The van der Waals surface area contributed by atoms with Gasteiger partial charge in [0.2, 0.25) is 0 Å². The summed E-state index contributed by atoms with van der Waals surface area (Å²) in [4.78, 5) is 26.9. The number of carbonyl (C=O) groups is 2. The van der Waals surface area contributed by atoms with Gasteiger partial charge in [-0.05, 0) is 44.9 Å². The largest absolute Gasteiger partial charge is 0.459 e. The maximum absolute atomic E-state index is 12.7. The molecule has 1 unspecified atom stereocenters. The lowest BCUT2D eigenvalue weighted by Crippen LogP contribution is -2.48. The molecule has 1 aliphatic rings. The number of hydrogen-bond acceptors (Lipinski definition) is 4. The van der Waals surface area contributed by atoms with Gasteiger partial charge in [0.15, 0.2) is 0 Å². The molecule has 6 heteroatoms. The predicted molar refractivity (Wildman–Crippen MR) is 97.7 cm³/mol. The molecule has 1 aliphatic heterocycles. The van der Waals surface area contributed by atoms with Crippen LogP contribution < -0.4 is 11.1 Å². The van der Waals surface area contributed by atoms with Gasteiger partial charge < -0.3 is 15.8 Å². The Labute approximate surface area is 149 Å². The Morgan fingerprint density at radius 3 is 2.72 bits per heavy atom. The minimum absolute atomic E-state index is 0.209. The average Bonchev–Trinajstić information content (AvgIpc) is 2.53. The Kier molecular flexibility index (Phi) is 6.07. The fraction of sp³-hybridized carbons (Fsp3) is 0.474. The summed E-state index contributed by atoms with van der Waals surface area (Å²) in [6.45, 7) is 8.03. The lowest BCUT2D eigenvalue weighted by atomic mass is 9.94. The van der Waals surface area contributed by atoms with Crippen LogP contribution in [-0.4, -0.2) is 29.5 Å². The van der Waals surface area contributed by atoms with Crippen LogP contribution in [0.1, 0.15) is 52.1 Å². The van der Waals surface area contributed by atoms with Crippen molar-refractivity contribution in [3.63, 3.8) is 0 Å². The van der Waals surface area contributed by atoms with Crippen LogP contribution in [0.3, 0.4) is 0 Å². The lowest BCUT2D eigenvalue weighted by Gasteiger charge is -2.35. The Morgan fingerprint density at radius 2 is 2.12 bits per heavy atom. The van der Waals surface area contributed by atoms with E-state index in [-0.39, 0.29) is 12.1 Å². The van der Waals surface area contributed by atoms with Crippen LogP contribution in [0.15, 0.2) is 35.5 Å². The number of esters is 1. The van der Waals surface area contributed by atoms with E-state index in [0.717, 1.165) is 18.4 Å². The first kappa shape index (κ1) is 18.8. The summed E-state index contributed by atoms with van der Waals surface area (Å²) in [6.07, 6.45) is 1.58. The standard InChI is InChI=1S/C19H27N3O3/c1-5-6-10-22-13(4)16(18(23)25-12(2)3)17(21-19(22)24)14-8-7-9-15(20)11-14/h7-9,11-12,17H,5-6,10,20H2,1-4H3,(H,21,24). The minimum Gasteiger partial charge on any atom is -0.459 e. The van der Waals surface area contributed by atoms with Crippen LogP contribution in [0.25, 0.3) is 0 Å². The van der Waals surface area contributed by atoms with Crippen molar-refractivity contribution in [1.82, 2.24) is 10.2 Å². The first-order chi connectivity index (χ1) is 11.8. The maximum Gasteiger partial charge on any atom is 0.338 e. The highest BCUT2D eigenvalue weighted by Crippen LogP contribution is 2.32. The number of benzene rings is 1. The second-order valence-electron chi connectivity index (χ2n) is 6.51. The Balaban J connectivity index is 2.48. The molecule has 0 spiro atoms. The van der Waals surface area contributed by atoms with Crippen LogP contribution in [0, 0.1) is 0 Å². The number of ether oxygens (including phenoxy) is 1. The summed E-state index contributed by atoms with van der Waals surface area (Å²) >= 11 is 0. The minimum atomic E-state index is -0.569. The number of nitrogens with one attached hydrogen (secondary N) is 1. The summed E-state index contributed by atoms with van der Waals surface area (Å²) in [5, 5.41) is 2.93. The zero-order valence-electron chi connectivity index (χ0n) is 15.3. The third-order valence-corrected chi connectivity index (χ3v) is 4.14. The maximum atomic E-state index is 12.7. The van der Waals surface area contributed by atoms with Crippen molar-refractivity contribution in [2.75, 3.05) is 12.3 Å². The molecule has 0 radical (unpaired) electrons. The number of hydrogen-bond donors (Lipinski definition) is 2. The van der Waals surface area contributed by atoms with Gasteiger partial charge in [-0.2, -0.15) is 0 Å². The van der Waals surface area contributed by atoms with E-state index in [1.165, 1.54) is 0 Å². The Morgan fingerprint density at radius 1 is 1.40 bits per heavy atom. The van der Waals surface area contributed by atoms with Gasteiger partial charge in [0.05, 0.1) is 17.7 Å². The molecule has 2 rings (SSSR count). The first-order valence-electron chi connectivity index (χ1n) is 8.70. The number of carbonyl (C=O) groups excluding carboxylic acids is 2. The molecule has 1 heterocycles. The van der Waals surface area contributed by atoms with Gasteiger partial charge in [0.25, 0.3) is 0 Å². The zero-order valence-corrected chi connectivity index (χ0v) is 15.3. The molecule has 0 saturated carbocycles. The van der Waals surface area contributed by atoms with E-state index in [9.17, 15) is 9.59 Å². The van der Waals surface area contributed by atoms with Crippen LogP contribution in [0.2, 0.25) is 0 Å². The van der Waals surface area contributed by atoms with Crippen molar-refractivity contribution in [3.8, 4) is 0 Å². The molecular weight excluding hydrogens is 318 g/mol. The van der Waals surface area contributed by atoms with Crippen molar-refractivity contribution < 1.29 is 14.3 Å². The SMILES string of the molecule is CCCCN1C(=O)NC(c2cccc(N)c2)C(C(=O)OC(C)C)=C1C. The fourth-order valence-corrected chi connectivity index (χ4v) is 2.90. The highest BCUT2D eigenvalue weighted by atomic mass is 16.5. The summed E-state index contributed by atoms with van der Waals surface area (Å²) < 4.78 is 5.42. The highest BCUT2D eigenvalue weighted by molar-refractivity contribution is 5.95. The quantitative estimate of drug-likeness (QED) is 0.611. The number of nitrogens with zero attached hydrogens (tertiary/aromatic N) is 1. The van der Waals surface area contributed by atoms with Gasteiger partial charge in [0, 0.05) is 17.9 Å². The summed E-state index contributed by atoms with van der Waals surface area (Å²) in [5.41, 5.74) is 8.30. The van der Waals surface area contributed by atoms with Gasteiger partial charge in [-0.15, -0.1) is 0 Å². The molecule has 0 bridgehead atoms. The number of nitrogens with two attached hydrogens (primary N) is 1. The molecule has 1 atom stereocenters. The summed E-state index contributed by atoms with van der Waals surface area (Å²) in [6, 6.07) is 6.41. The van der Waals surface area contributed by atoms with Crippen LogP contribution in [0.4, 0.5) is 10.5 Å². The summed E-state index contributed by atoms with van der Waals surface area (Å²) in [5.74, 6) is -0.415. The van der Waals surface area contributed by atoms with E-state index < -0.39 is 12.0 Å². The van der Waals surface area contributed by atoms with Crippen molar-refractivity contribution in [2.24, 2.45) is 0 Å². The second kappa shape index (κ2) is 8.05. The fourth-order valence-electron chi connectivity index (χ4n) is 2.90. The third-order valence-electron chi connectivity index (χ3n) is 4.14. The van der Waals surface area contributed by atoms with E-state index >= 15 is 0 Å². The van der Waals surface area contributed by atoms with E-state index in [1.54, 1.807) is 43.9 Å². The molecule has 2 amide bonds. The number of amides is 2. The molecule has 0 saturated heterocycles.